The number of phenolic OH excluding ortho intramolecular Hbond substituents is 2. The minimum atomic E-state index is -1.80. The zero-order valence-corrected chi connectivity index (χ0v) is 34.8. The molecule has 0 saturated carbocycles. The van der Waals surface area contributed by atoms with Gasteiger partial charge in [-0.2, -0.15) is 0 Å². The lowest BCUT2D eigenvalue weighted by molar-refractivity contribution is -0.948. The molecular formula is C37H44ClN8O11S2+. The number of anilines is 1. The number of nitrogen functional groups attached to an aromatic ring is 1. The number of aliphatic carboxylic acids is 2. The number of rotatable bonds is 12. The van der Waals surface area contributed by atoms with E-state index in [9.17, 15) is 49.2 Å². The molecule has 2 bridgehead atoms. The number of aromatic hydroxyl groups is 2. The number of hydrogen-bond donors (Lipinski definition) is 7. The summed E-state index contributed by atoms with van der Waals surface area (Å²) in [5.41, 5.74) is 2.77. The number of hydrogen-bond acceptors (Lipinski definition) is 14. The fourth-order valence-corrected chi connectivity index (χ4v) is 11.0. The molecule has 22 heteroatoms. The van der Waals surface area contributed by atoms with Crippen molar-refractivity contribution in [1.82, 2.24) is 25.1 Å². The van der Waals surface area contributed by atoms with Crippen molar-refractivity contribution < 1.29 is 53.7 Å². The number of carboxylic acid groups (broad SMARTS) is 2. The number of thioether (sulfide) groups is 1. The molecule has 8 N–H and O–H groups in total. The van der Waals surface area contributed by atoms with E-state index in [1.54, 1.807) is 7.05 Å². The van der Waals surface area contributed by atoms with Crippen molar-refractivity contribution in [3.05, 3.63) is 44.1 Å². The Morgan fingerprint density at radius 1 is 1.15 bits per heavy atom. The zero-order chi connectivity index (χ0) is 42.9. The number of amides is 3. The standard InChI is InChI=1S/C37H43ClN8O11S2/c1-16-18(26(33(53)54)45-31(52)25(32(45)59-16)42-30(51)24(19-14-58-35(39)41-19)43-57-36(2,3)34(55)56)13-46-8-5-37(6-9-46,7-10-46)15-40-29(50)17-12-44(4)20-11-21(47)28(49)23(38)22(20)27(17)48/h11-12,14,16,18,25-26,32H,5-10,13,15H2,1-4H3,(H7-,39,40,41,42,43,47,48,49,50,51,53,54,55,56)/p+1/t16-,18?,25+,26?,32+,37?,46?/m0/s1. The van der Waals surface area contributed by atoms with E-state index in [1.807, 2.05) is 6.92 Å². The number of thiazole rings is 1. The molecule has 5 aliphatic heterocycles. The van der Waals surface area contributed by atoms with Gasteiger partial charge in [-0.1, -0.05) is 23.7 Å². The van der Waals surface area contributed by atoms with Crippen LogP contribution in [0.1, 0.15) is 56.1 Å². The number of nitrogens with two attached hydrogens (primary N) is 1. The van der Waals surface area contributed by atoms with E-state index in [0.29, 0.717) is 17.6 Å². The number of halogens is 1. The number of phenols is 2. The number of aromatic nitrogens is 2. The molecule has 19 nitrogen and oxygen atoms in total. The predicted octanol–water partition coefficient (Wildman–Crippen LogP) is 1.51. The van der Waals surface area contributed by atoms with Gasteiger partial charge in [0.2, 0.25) is 16.9 Å². The summed E-state index contributed by atoms with van der Waals surface area (Å²) >= 11 is 8.63. The molecule has 0 radical (unpaired) electrons. The van der Waals surface area contributed by atoms with Gasteiger partial charge in [-0.15, -0.1) is 23.1 Å². The number of pyridine rings is 1. The largest absolute Gasteiger partial charge is 0.504 e. The van der Waals surface area contributed by atoms with Crippen LogP contribution in [0.4, 0.5) is 5.13 Å². The van der Waals surface area contributed by atoms with Crippen LogP contribution in [0, 0.1) is 11.3 Å². The molecule has 0 spiro atoms. The summed E-state index contributed by atoms with van der Waals surface area (Å²) < 4.78 is 2.14. The van der Waals surface area contributed by atoms with Crippen LogP contribution in [0.2, 0.25) is 5.02 Å². The highest BCUT2D eigenvalue weighted by molar-refractivity contribution is 8.00. The lowest BCUT2D eigenvalue weighted by atomic mass is 9.70. The number of aryl methyl sites for hydroxylation is 1. The Bertz CT molecular complexity index is 2360. The van der Waals surface area contributed by atoms with E-state index >= 15 is 0 Å². The number of carbonyl (C=O) groups is 5. The van der Waals surface area contributed by atoms with E-state index in [0.717, 1.165) is 50.2 Å². The van der Waals surface area contributed by atoms with Gasteiger partial charge < -0.3 is 55.6 Å². The SMILES string of the molecule is C[C@@H]1S[C@@H]2[C@H](NC(=O)/C(=N\OC(C)(C)C(=O)O)c3csc(N)n3)C(=O)N2C(C(=O)O)C1C[N+]12CCC(CNC(=O)c3cn(C)c4cc(O)c(O)c(Cl)c4c3=O)(CC1)CC2. The second-order valence-corrected chi connectivity index (χ2v) is 19.1. The van der Waals surface area contributed by atoms with E-state index in [1.165, 1.54) is 52.7 Å². The van der Waals surface area contributed by atoms with Crippen molar-refractivity contribution in [2.45, 2.75) is 68.3 Å². The third-order valence-corrected chi connectivity index (χ3v) is 14.9. The Labute approximate surface area is 349 Å². The highest BCUT2D eigenvalue weighted by Gasteiger charge is 2.62. The average molecular weight is 876 g/mol. The Balaban J connectivity index is 1.00. The Morgan fingerprint density at radius 2 is 1.81 bits per heavy atom. The topological polar surface area (TPSA) is 276 Å². The van der Waals surface area contributed by atoms with Crippen molar-refractivity contribution >= 4 is 86.1 Å². The van der Waals surface area contributed by atoms with Gasteiger partial charge in [0, 0.05) is 61.2 Å². The van der Waals surface area contributed by atoms with Crippen LogP contribution in [0.5, 0.6) is 11.5 Å². The first-order chi connectivity index (χ1) is 27.7. The monoisotopic (exact) mass is 875 g/mol. The third-order valence-electron chi connectivity index (χ3n) is 12.3. The number of quaternary nitrogens is 1. The summed E-state index contributed by atoms with van der Waals surface area (Å²) in [6.07, 6.45) is 3.60. The first kappa shape index (κ1) is 42.0. The number of piperidine rings is 3. The highest BCUT2D eigenvalue weighted by atomic mass is 35.5. The second kappa shape index (κ2) is 15.2. The first-order valence-electron chi connectivity index (χ1n) is 18.8. The van der Waals surface area contributed by atoms with Crippen LogP contribution in [-0.4, -0.2) is 136 Å². The number of benzene rings is 1. The molecule has 8 rings (SSSR count). The number of oxime groups is 1. The van der Waals surface area contributed by atoms with Gasteiger partial charge in [0.1, 0.15) is 28.7 Å². The molecule has 1 aromatic carbocycles. The van der Waals surface area contributed by atoms with Crippen LogP contribution < -0.4 is 21.8 Å². The van der Waals surface area contributed by atoms with Gasteiger partial charge in [-0.3, -0.25) is 19.2 Å². The first-order valence-corrected chi connectivity index (χ1v) is 21.0. The van der Waals surface area contributed by atoms with Gasteiger partial charge in [-0.05, 0) is 13.8 Å². The molecule has 5 atom stereocenters. The Hall–Kier alpha value is -5.12. The van der Waals surface area contributed by atoms with Gasteiger partial charge in [0.15, 0.2) is 22.3 Å². The van der Waals surface area contributed by atoms with Gasteiger partial charge in [0.25, 0.3) is 11.8 Å². The van der Waals surface area contributed by atoms with Crippen molar-refractivity contribution in [1.29, 1.82) is 0 Å². The molecule has 5 aliphatic rings. The summed E-state index contributed by atoms with van der Waals surface area (Å²) in [6.45, 7) is 7.43. The maximum atomic E-state index is 13.7. The Kier molecular flexibility index (Phi) is 10.8. The van der Waals surface area contributed by atoms with Crippen LogP contribution in [0.15, 0.2) is 27.6 Å². The number of β-lactam (4-membered cyclic amide) rings is 1. The molecule has 0 aliphatic carbocycles. The maximum Gasteiger partial charge on any atom is 0.350 e. The quantitative estimate of drug-likeness (QED) is 0.0447. The van der Waals surface area contributed by atoms with Gasteiger partial charge >= 0.3 is 11.9 Å². The zero-order valence-electron chi connectivity index (χ0n) is 32.4. The van der Waals surface area contributed by atoms with Crippen molar-refractivity contribution in [2.24, 2.45) is 23.5 Å². The van der Waals surface area contributed by atoms with E-state index in [4.69, 9.17) is 22.2 Å². The maximum absolute atomic E-state index is 13.7. The third kappa shape index (κ3) is 7.41. The predicted molar refractivity (Wildman–Crippen MR) is 216 cm³/mol. The van der Waals surface area contributed by atoms with Crippen LogP contribution in [0.3, 0.4) is 0 Å². The molecule has 59 heavy (non-hydrogen) atoms. The number of nitrogens with one attached hydrogen (secondary N) is 2. The average Bonchev–Trinajstić information content (AvgIpc) is 3.62. The molecule has 2 aromatic heterocycles. The fourth-order valence-electron chi connectivity index (χ4n) is 8.61. The molecular weight excluding hydrogens is 832 g/mol. The van der Waals surface area contributed by atoms with Crippen LogP contribution in [0.25, 0.3) is 10.9 Å². The molecule has 7 heterocycles. The normalized spacial score (nSPS) is 27.8. The minimum absolute atomic E-state index is 0.0110. The fraction of sp³-hybridized carbons (Fsp3) is 0.514. The lowest BCUT2D eigenvalue weighted by Gasteiger charge is -2.59. The summed E-state index contributed by atoms with van der Waals surface area (Å²) in [4.78, 5) is 89.2. The Morgan fingerprint density at radius 3 is 2.41 bits per heavy atom. The summed E-state index contributed by atoms with van der Waals surface area (Å²) in [5, 5.41) is 49.7. The molecule has 5 fully saturated rings. The summed E-state index contributed by atoms with van der Waals surface area (Å²) in [6, 6.07) is -1.03. The molecule has 3 aromatic rings. The minimum Gasteiger partial charge on any atom is -0.504 e. The number of nitrogens with zero attached hydrogens (tertiary/aromatic N) is 5. The van der Waals surface area contributed by atoms with E-state index < -0.39 is 81.3 Å². The second-order valence-electron chi connectivity index (χ2n) is 16.4. The van der Waals surface area contributed by atoms with Crippen molar-refractivity contribution in [3.8, 4) is 11.5 Å². The lowest BCUT2D eigenvalue weighted by Crippen LogP contribution is -2.78. The van der Waals surface area contributed by atoms with Crippen molar-refractivity contribution in [2.75, 3.05) is 38.5 Å². The molecule has 316 valence electrons. The van der Waals surface area contributed by atoms with E-state index in [-0.39, 0.29) is 43.0 Å². The summed E-state index contributed by atoms with van der Waals surface area (Å²) in [5.74, 6) is -6.07. The van der Waals surface area contributed by atoms with Crippen LogP contribution >= 0.6 is 34.7 Å². The smallest absolute Gasteiger partial charge is 0.350 e. The number of carbonyl (C=O) groups excluding carboxylic acids is 3. The molecule has 5 saturated heterocycles. The highest BCUT2D eigenvalue weighted by Crippen LogP contribution is 2.49. The number of fused-ring (bicyclic) bond motifs is 5. The van der Waals surface area contributed by atoms with Gasteiger partial charge in [-0.25, -0.2) is 14.6 Å². The van der Waals surface area contributed by atoms with Crippen molar-refractivity contribution in [3.63, 3.8) is 0 Å². The van der Waals surface area contributed by atoms with E-state index in [2.05, 4.69) is 20.8 Å². The van der Waals surface area contributed by atoms with Crippen LogP contribution in [-0.2, 0) is 31.1 Å². The summed E-state index contributed by atoms with van der Waals surface area (Å²) in [7, 11) is 1.59. The molecule has 2 unspecified atom stereocenters. The van der Waals surface area contributed by atoms with Gasteiger partial charge in [0.05, 0.1) is 48.0 Å². The molecule has 3 amide bonds. The number of carboxylic acids is 2.